The lowest BCUT2D eigenvalue weighted by atomic mass is 10.1. The molecular weight excluding hydrogens is 304 g/mol. The molecule has 1 N–H and O–H groups in total. The monoisotopic (exact) mass is 324 g/mol. The van der Waals surface area contributed by atoms with Gasteiger partial charge in [0, 0.05) is 36.6 Å². The Morgan fingerprint density at radius 1 is 1.29 bits per heavy atom. The molecule has 1 amide bonds. The molecule has 1 atom stereocenters. The van der Waals surface area contributed by atoms with Crippen molar-refractivity contribution < 1.29 is 4.79 Å². The van der Waals surface area contributed by atoms with Crippen molar-refractivity contribution in [2.75, 3.05) is 0 Å². The highest BCUT2D eigenvalue weighted by Crippen LogP contribution is 2.17. The highest BCUT2D eigenvalue weighted by atomic mass is 16.1. The quantitative estimate of drug-likeness (QED) is 0.776. The van der Waals surface area contributed by atoms with Crippen LogP contribution >= 0.6 is 0 Å². The lowest BCUT2D eigenvalue weighted by molar-refractivity contribution is 0.0936. The predicted molar refractivity (Wildman–Crippen MR) is 90.3 cm³/mol. The summed E-state index contributed by atoms with van der Waals surface area (Å²) in [5.74, 6) is 1.41. The lowest BCUT2D eigenvalue weighted by Gasteiger charge is -2.14. The molecule has 0 fully saturated rings. The summed E-state index contributed by atoms with van der Waals surface area (Å²) in [7, 11) is 1.85. The van der Waals surface area contributed by atoms with Crippen molar-refractivity contribution in [2.24, 2.45) is 7.05 Å². The number of benzene rings is 1. The molecule has 0 saturated carbocycles. The van der Waals surface area contributed by atoms with Gasteiger partial charge in [0.25, 0.3) is 5.91 Å². The molecular formula is C17H20N6O. The van der Waals surface area contributed by atoms with E-state index < -0.39 is 0 Å². The first-order chi connectivity index (χ1) is 11.5. The first-order valence-electron chi connectivity index (χ1n) is 7.79. The van der Waals surface area contributed by atoms with Crippen LogP contribution in [0.3, 0.4) is 0 Å². The van der Waals surface area contributed by atoms with Crippen LogP contribution < -0.4 is 5.32 Å². The van der Waals surface area contributed by atoms with Gasteiger partial charge in [0.2, 0.25) is 0 Å². The molecule has 1 aromatic carbocycles. The van der Waals surface area contributed by atoms with E-state index in [1.54, 1.807) is 27.7 Å². The van der Waals surface area contributed by atoms with Gasteiger partial charge in [0.05, 0.1) is 6.54 Å². The number of carbonyl (C=O) groups excluding carboxylic acids is 1. The summed E-state index contributed by atoms with van der Waals surface area (Å²) in [6.45, 7) is 4.44. The zero-order valence-electron chi connectivity index (χ0n) is 14.0. The van der Waals surface area contributed by atoms with Crippen LogP contribution in [0, 0.1) is 6.92 Å². The van der Waals surface area contributed by atoms with E-state index in [1.165, 1.54) is 0 Å². The average molecular weight is 324 g/mol. The summed E-state index contributed by atoms with van der Waals surface area (Å²) in [5, 5.41) is 11.4. The van der Waals surface area contributed by atoms with Gasteiger partial charge in [0.1, 0.15) is 5.82 Å². The third kappa shape index (κ3) is 3.51. The summed E-state index contributed by atoms with van der Waals surface area (Å²) in [6, 6.07) is 9.22. The number of nitrogens with zero attached hydrogens (tertiary/aromatic N) is 5. The van der Waals surface area contributed by atoms with Crippen molar-refractivity contribution in [1.29, 1.82) is 0 Å². The number of aromatic nitrogens is 5. The number of carbonyl (C=O) groups is 1. The molecule has 2 heterocycles. The van der Waals surface area contributed by atoms with Crippen molar-refractivity contribution >= 4 is 5.91 Å². The van der Waals surface area contributed by atoms with Crippen LogP contribution in [0.15, 0.2) is 42.7 Å². The minimum absolute atomic E-state index is 0.0153. The standard InChI is InChI=1S/C17H20N6O/c1-12(11-23-10-4-9-18-23)19-17(24)15-7-5-14(6-8-15)16-20-13(2)21-22(16)3/h4-10,12H,11H2,1-3H3,(H,19,24). The molecule has 7 nitrogen and oxygen atoms in total. The van der Waals surface area contributed by atoms with E-state index in [9.17, 15) is 4.79 Å². The Morgan fingerprint density at radius 3 is 2.62 bits per heavy atom. The van der Waals surface area contributed by atoms with Crippen molar-refractivity contribution in [1.82, 2.24) is 29.9 Å². The van der Waals surface area contributed by atoms with Gasteiger partial charge in [-0.15, -0.1) is 0 Å². The van der Waals surface area contributed by atoms with Crippen molar-refractivity contribution in [3.8, 4) is 11.4 Å². The van der Waals surface area contributed by atoms with Crippen LogP contribution in [0.1, 0.15) is 23.1 Å². The molecule has 0 aliphatic heterocycles. The predicted octanol–water partition coefficient (Wildman–Crippen LogP) is 1.81. The fourth-order valence-corrected chi connectivity index (χ4v) is 2.58. The van der Waals surface area contributed by atoms with Crippen LogP contribution in [0.4, 0.5) is 0 Å². The van der Waals surface area contributed by atoms with Crippen LogP contribution in [-0.4, -0.2) is 36.5 Å². The van der Waals surface area contributed by atoms with Crippen molar-refractivity contribution in [3.63, 3.8) is 0 Å². The number of rotatable bonds is 5. The highest BCUT2D eigenvalue weighted by molar-refractivity contribution is 5.94. The molecule has 3 aromatic rings. The fourth-order valence-electron chi connectivity index (χ4n) is 2.58. The maximum Gasteiger partial charge on any atom is 0.251 e. The lowest BCUT2D eigenvalue weighted by Crippen LogP contribution is -2.35. The van der Waals surface area contributed by atoms with Gasteiger partial charge in [-0.3, -0.25) is 9.48 Å². The molecule has 0 spiro atoms. The Labute approximate surface area is 140 Å². The minimum Gasteiger partial charge on any atom is -0.348 e. The smallest absolute Gasteiger partial charge is 0.251 e. The summed E-state index contributed by atoms with van der Waals surface area (Å²) in [6.07, 6.45) is 3.60. The maximum absolute atomic E-state index is 12.3. The Kier molecular flexibility index (Phi) is 4.41. The maximum atomic E-state index is 12.3. The van der Waals surface area contributed by atoms with Gasteiger partial charge in [-0.05, 0) is 32.0 Å². The number of amides is 1. The minimum atomic E-state index is -0.102. The summed E-state index contributed by atoms with van der Waals surface area (Å²) in [5.41, 5.74) is 1.55. The second-order valence-electron chi connectivity index (χ2n) is 5.79. The summed E-state index contributed by atoms with van der Waals surface area (Å²) < 4.78 is 3.53. The van der Waals surface area contributed by atoms with Gasteiger partial charge >= 0.3 is 0 Å². The van der Waals surface area contributed by atoms with E-state index in [-0.39, 0.29) is 11.9 Å². The van der Waals surface area contributed by atoms with Crippen LogP contribution in [0.2, 0.25) is 0 Å². The molecule has 3 rings (SSSR count). The van der Waals surface area contributed by atoms with E-state index in [0.29, 0.717) is 12.1 Å². The largest absolute Gasteiger partial charge is 0.348 e. The average Bonchev–Trinajstić information content (AvgIpc) is 3.16. The Balaban J connectivity index is 1.66. The third-order valence-electron chi connectivity index (χ3n) is 3.67. The number of aryl methyl sites for hydroxylation is 2. The molecule has 1 unspecified atom stereocenters. The molecule has 7 heteroatoms. The number of nitrogens with one attached hydrogen (secondary N) is 1. The van der Waals surface area contributed by atoms with E-state index in [4.69, 9.17) is 0 Å². The Bertz CT molecular complexity index is 819. The topological polar surface area (TPSA) is 77.6 Å². The second-order valence-corrected chi connectivity index (χ2v) is 5.79. The number of hydrogen-bond donors (Lipinski definition) is 1. The molecule has 0 radical (unpaired) electrons. The van der Waals surface area contributed by atoms with E-state index in [2.05, 4.69) is 20.5 Å². The summed E-state index contributed by atoms with van der Waals surface area (Å²) in [4.78, 5) is 16.7. The van der Waals surface area contributed by atoms with Crippen LogP contribution in [-0.2, 0) is 13.6 Å². The van der Waals surface area contributed by atoms with Crippen molar-refractivity contribution in [2.45, 2.75) is 26.4 Å². The third-order valence-corrected chi connectivity index (χ3v) is 3.67. The molecule has 124 valence electrons. The number of hydrogen-bond acceptors (Lipinski definition) is 4. The molecule has 0 aliphatic carbocycles. The first-order valence-corrected chi connectivity index (χ1v) is 7.79. The zero-order valence-corrected chi connectivity index (χ0v) is 14.0. The highest BCUT2D eigenvalue weighted by Gasteiger charge is 2.12. The van der Waals surface area contributed by atoms with E-state index in [0.717, 1.165) is 17.2 Å². The van der Waals surface area contributed by atoms with Gasteiger partial charge in [-0.25, -0.2) is 9.67 Å². The summed E-state index contributed by atoms with van der Waals surface area (Å²) >= 11 is 0. The molecule has 0 bridgehead atoms. The van der Waals surface area contributed by atoms with Gasteiger partial charge in [-0.1, -0.05) is 12.1 Å². The fraction of sp³-hybridized carbons (Fsp3) is 0.294. The Morgan fingerprint density at radius 2 is 2.04 bits per heavy atom. The molecule has 2 aromatic heterocycles. The van der Waals surface area contributed by atoms with Crippen LogP contribution in [0.5, 0.6) is 0 Å². The zero-order chi connectivity index (χ0) is 17.1. The van der Waals surface area contributed by atoms with Gasteiger partial charge < -0.3 is 5.32 Å². The Hall–Kier alpha value is -2.96. The molecule has 0 saturated heterocycles. The van der Waals surface area contributed by atoms with E-state index in [1.807, 2.05) is 45.3 Å². The molecule has 24 heavy (non-hydrogen) atoms. The second kappa shape index (κ2) is 6.66. The van der Waals surface area contributed by atoms with Gasteiger partial charge in [0.15, 0.2) is 5.82 Å². The van der Waals surface area contributed by atoms with Gasteiger partial charge in [-0.2, -0.15) is 10.2 Å². The van der Waals surface area contributed by atoms with Crippen LogP contribution in [0.25, 0.3) is 11.4 Å². The molecule has 0 aliphatic rings. The SMILES string of the molecule is Cc1nc(-c2ccc(C(=O)NC(C)Cn3cccn3)cc2)n(C)n1. The van der Waals surface area contributed by atoms with Crippen molar-refractivity contribution in [3.05, 3.63) is 54.1 Å². The van der Waals surface area contributed by atoms with E-state index >= 15 is 0 Å². The normalized spacial score (nSPS) is 12.1. The first kappa shape index (κ1) is 15.9.